The fourth-order valence-corrected chi connectivity index (χ4v) is 6.23. The molecule has 0 unspecified atom stereocenters. The number of nitrogens with zero attached hydrogens (tertiary/aromatic N) is 2. The van der Waals surface area contributed by atoms with Gasteiger partial charge in [-0.05, 0) is 51.2 Å². The predicted molar refractivity (Wildman–Crippen MR) is 199 cm³/mol. The molecule has 0 aliphatic rings. The molecule has 0 bridgehead atoms. The number of likely N-dealkylation sites (N-methyl/N-ethyl adjacent to an activating group) is 2. The van der Waals surface area contributed by atoms with E-state index in [0.29, 0.717) is 24.2 Å². The molecule has 1 rings (SSSR count). The van der Waals surface area contributed by atoms with Crippen molar-refractivity contribution in [2.75, 3.05) is 52.4 Å². The molecule has 0 atom stereocenters. The van der Waals surface area contributed by atoms with E-state index in [9.17, 15) is 9.59 Å². The minimum atomic E-state index is -0.170. The molecular formula is C40H74N4O2. The number of benzene rings is 1. The van der Waals surface area contributed by atoms with Crippen molar-refractivity contribution in [1.82, 2.24) is 20.4 Å². The number of carbonyl (C=O) groups excluding carboxylic acids is 2. The first kappa shape index (κ1) is 42.1. The van der Waals surface area contributed by atoms with E-state index < -0.39 is 0 Å². The molecule has 6 heteroatoms. The molecule has 0 aromatic heterocycles. The number of carbonyl (C=O) groups is 2. The van der Waals surface area contributed by atoms with Crippen LogP contribution in [0.3, 0.4) is 0 Å². The largest absolute Gasteiger partial charge is 0.351 e. The summed E-state index contributed by atoms with van der Waals surface area (Å²) in [5.41, 5.74) is 0.908. The van der Waals surface area contributed by atoms with Gasteiger partial charge in [-0.3, -0.25) is 9.59 Å². The van der Waals surface area contributed by atoms with Gasteiger partial charge in [0.2, 0.25) is 0 Å². The lowest BCUT2D eigenvalue weighted by molar-refractivity contribution is 0.0914. The zero-order valence-electron chi connectivity index (χ0n) is 30.8. The van der Waals surface area contributed by atoms with Crippen molar-refractivity contribution >= 4 is 11.8 Å². The van der Waals surface area contributed by atoms with Crippen molar-refractivity contribution < 1.29 is 9.59 Å². The van der Waals surface area contributed by atoms with Crippen molar-refractivity contribution in [2.24, 2.45) is 0 Å². The van der Waals surface area contributed by atoms with Gasteiger partial charge in [0.15, 0.2) is 0 Å². The summed E-state index contributed by atoms with van der Waals surface area (Å²) in [4.78, 5) is 31.0. The zero-order valence-corrected chi connectivity index (χ0v) is 30.8. The second-order valence-electron chi connectivity index (χ2n) is 13.3. The van der Waals surface area contributed by atoms with Gasteiger partial charge < -0.3 is 20.4 Å². The van der Waals surface area contributed by atoms with Gasteiger partial charge in [0.25, 0.3) is 11.8 Å². The van der Waals surface area contributed by atoms with E-state index in [1.807, 2.05) is 12.1 Å². The molecule has 0 heterocycles. The molecule has 0 spiro atoms. The number of hydrogen-bond acceptors (Lipinski definition) is 4. The summed E-state index contributed by atoms with van der Waals surface area (Å²) >= 11 is 0. The summed E-state index contributed by atoms with van der Waals surface area (Å²) in [6, 6.07) is 7.19. The fourth-order valence-electron chi connectivity index (χ4n) is 6.23. The van der Waals surface area contributed by atoms with Gasteiger partial charge in [-0.2, -0.15) is 0 Å². The third kappa shape index (κ3) is 21.8. The third-order valence-electron chi connectivity index (χ3n) is 9.39. The first-order valence-corrected chi connectivity index (χ1v) is 19.7. The molecule has 2 amide bonds. The van der Waals surface area contributed by atoms with Gasteiger partial charge in [-0.25, -0.2) is 0 Å². The SMILES string of the molecule is CCCCCCCCCCCCN(CC)CCNC(=O)c1ccccc1C(=O)NCCN(CC)CCCCCCCCCCCC. The van der Waals surface area contributed by atoms with Gasteiger partial charge in [-0.15, -0.1) is 0 Å². The minimum Gasteiger partial charge on any atom is -0.351 e. The number of nitrogens with one attached hydrogen (secondary N) is 2. The van der Waals surface area contributed by atoms with Gasteiger partial charge in [0, 0.05) is 26.2 Å². The lowest BCUT2D eigenvalue weighted by Crippen LogP contribution is -2.37. The van der Waals surface area contributed by atoms with Crippen LogP contribution in [0.2, 0.25) is 0 Å². The molecule has 46 heavy (non-hydrogen) atoms. The Morgan fingerprint density at radius 1 is 0.457 bits per heavy atom. The predicted octanol–water partition coefficient (Wildman–Crippen LogP) is 9.63. The van der Waals surface area contributed by atoms with E-state index in [4.69, 9.17) is 0 Å². The van der Waals surface area contributed by atoms with E-state index in [1.54, 1.807) is 12.1 Å². The highest BCUT2D eigenvalue weighted by molar-refractivity contribution is 6.07. The van der Waals surface area contributed by atoms with Crippen molar-refractivity contribution in [3.8, 4) is 0 Å². The van der Waals surface area contributed by atoms with Crippen LogP contribution >= 0.6 is 0 Å². The van der Waals surface area contributed by atoms with E-state index >= 15 is 0 Å². The van der Waals surface area contributed by atoms with Gasteiger partial charge in [0.05, 0.1) is 11.1 Å². The maximum absolute atomic E-state index is 13.1. The van der Waals surface area contributed by atoms with Gasteiger partial charge in [0.1, 0.15) is 0 Å². The molecule has 2 N–H and O–H groups in total. The van der Waals surface area contributed by atoms with Gasteiger partial charge in [-0.1, -0.05) is 155 Å². The molecule has 0 fully saturated rings. The Bertz CT molecular complexity index is 792. The van der Waals surface area contributed by atoms with Crippen LogP contribution in [-0.2, 0) is 0 Å². The molecule has 0 radical (unpaired) electrons. The summed E-state index contributed by atoms with van der Waals surface area (Å²) in [6.45, 7) is 15.9. The van der Waals surface area contributed by atoms with Crippen molar-refractivity contribution in [3.05, 3.63) is 35.4 Å². The van der Waals surface area contributed by atoms with E-state index in [2.05, 4.69) is 48.1 Å². The second kappa shape index (κ2) is 30.4. The lowest BCUT2D eigenvalue weighted by atomic mass is 10.1. The van der Waals surface area contributed by atoms with E-state index in [1.165, 1.54) is 128 Å². The summed E-state index contributed by atoms with van der Waals surface area (Å²) in [7, 11) is 0. The number of rotatable bonds is 32. The fraction of sp³-hybridized carbons (Fsp3) is 0.800. The average molecular weight is 643 g/mol. The van der Waals surface area contributed by atoms with Crippen LogP contribution in [0.4, 0.5) is 0 Å². The molecular weight excluding hydrogens is 568 g/mol. The zero-order chi connectivity index (χ0) is 33.5. The Balaban J connectivity index is 2.28. The quantitative estimate of drug-likeness (QED) is 0.0768. The van der Waals surface area contributed by atoms with Crippen molar-refractivity contribution in [3.63, 3.8) is 0 Å². The average Bonchev–Trinajstić information content (AvgIpc) is 3.08. The summed E-state index contributed by atoms with van der Waals surface area (Å²) in [6.07, 6.45) is 26.9. The highest BCUT2D eigenvalue weighted by atomic mass is 16.2. The van der Waals surface area contributed by atoms with Crippen LogP contribution in [0, 0.1) is 0 Å². The maximum atomic E-state index is 13.1. The van der Waals surface area contributed by atoms with Crippen LogP contribution in [-0.4, -0.2) is 74.0 Å². The standard InChI is InChI=1S/C40H74N4O2/c1-5-9-11-13-15-17-19-21-23-27-33-43(7-3)35-31-41-39(45)37-29-25-26-30-38(37)40(46)42-32-36-44(8-4)34-28-24-22-20-18-16-14-12-10-6-2/h25-26,29-30H,5-24,27-28,31-36H2,1-4H3,(H,41,45)(H,42,46). The summed E-state index contributed by atoms with van der Waals surface area (Å²) in [5, 5.41) is 6.13. The topological polar surface area (TPSA) is 64.7 Å². The Hall–Kier alpha value is -1.92. The summed E-state index contributed by atoms with van der Waals surface area (Å²) < 4.78 is 0. The van der Waals surface area contributed by atoms with Crippen LogP contribution in [0.15, 0.2) is 24.3 Å². The lowest BCUT2D eigenvalue weighted by Gasteiger charge is -2.21. The van der Waals surface area contributed by atoms with E-state index in [0.717, 1.165) is 39.3 Å². The smallest absolute Gasteiger partial charge is 0.252 e. The summed E-state index contributed by atoms with van der Waals surface area (Å²) in [5.74, 6) is -0.339. The minimum absolute atomic E-state index is 0.170. The van der Waals surface area contributed by atoms with Crippen molar-refractivity contribution in [2.45, 2.75) is 156 Å². The third-order valence-corrected chi connectivity index (χ3v) is 9.39. The molecule has 1 aromatic rings. The second-order valence-corrected chi connectivity index (χ2v) is 13.3. The first-order chi connectivity index (χ1) is 22.6. The highest BCUT2D eigenvalue weighted by Gasteiger charge is 2.17. The Morgan fingerprint density at radius 3 is 1.07 bits per heavy atom. The first-order valence-electron chi connectivity index (χ1n) is 19.7. The Labute approximate surface area is 285 Å². The molecule has 0 aliphatic carbocycles. The number of amides is 2. The number of unbranched alkanes of at least 4 members (excludes halogenated alkanes) is 18. The maximum Gasteiger partial charge on any atom is 0.252 e. The monoisotopic (exact) mass is 643 g/mol. The Morgan fingerprint density at radius 2 is 0.761 bits per heavy atom. The van der Waals surface area contributed by atoms with Crippen LogP contribution in [0.5, 0.6) is 0 Å². The molecule has 1 aromatic carbocycles. The molecule has 0 saturated heterocycles. The van der Waals surface area contributed by atoms with E-state index in [-0.39, 0.29) is 11.8 Å². The van der Waals surface area contributed by atoms with Crippen LogP contribution in [0.1, 0.15) is 177 Å². The van der Waals surface area contributed by atoms with Crippen LogP contribution < -0.4 is 10.6 Å². The normalized spacial score (nSPS) is 11.4. The molecule has 6 nitrogen and oxygen atoms in total. The Kier molecular flexibility index (Phi) is 27.8. The van der Waals surface area contributed by atoms with Crippen LogP contribution in [0.25, 0.3) is 0 Å². The van der Waals surface area contributed by atoms with Gasteiger partial charge >= 0.3 is 0 Å². The molecule has 266 valence electrons. The molecule has 0 aliphatic heterocycles. The highest BCUT2D eigenvalue weighted by Crippen LogP contribution is 2.13. The number of hydrogen-bond donors (Lipinski definition) is 2. The van der Waals surface area contributed by atoms with Crippen molar-refractivity contribution in [1.29, 1.82) is 0 Å². The molecule has 0 saturated carbocycles.